The standard InChI is InChI=1S/C23H25N5O2/c1-27(2)13-14-28(15-17-9-5-4-6-10-17)22-20-21(26-30-23(20)25-16-24-22)18-11-7-8-12-19(18)29-3/h4-12,16H,13-15H2,1-3H3. The van der Waals surface area contributed by atoms with Crippen molar-refractivity contribution in [1.82, 2.24) is 20.0 Å². The van der Waals surface area contributed by atoms with E-state index in [-0.39, 0.29) is 0 Å². The van der Waals surface area contributed by atoms with Gasteiger partial charge in [-0.25, -0.2) is 4.98 Å². The highest BCUT2D eigenvalue weighted by atomic mass is 16.5. The second-order valence-electron chi connectivity index (χ2n) is 7.32. The lowest BCUT2D eigenvalue weighted by atomic mass is 10.1. The van der Waals surface area contributed by atoms with Crippen LogP contribution in [0.3, 0.4) is 0 Å². The fourth-order valence-corrected chi connectivity index (χ4v) is 3.42. The Balaban J connectivity index is 1.83. The fraction of sp³-hybridized carbons (Fsp3) is 0.261. The molecular weight excluding hydrogens is 378 g/mol. The van der Waals surface area contributed by atoms with Crippen LogP contribution < -0.4 is 9.64 Å². The lowest BCUT2D eigenvalue weighted by molar-refractivity contribution is 0.412. The van der Waals surface area contributed by atoms with Crippen molar-refractivity contribution in [2.45, 2.75) is 6.54 Å². The molecule has 0 aliphatic rings. The molecule has 0 N–H and O–H groups in total. The largest absolute Gasteiger partial charge is 0.496 e. The number of ether oxygens (including phenoxy) is 1. The summed E-state index contributed by atoms with van der Waals surface area (Å²) in [5, 5.41) is 5.11. The second-order valence-corrected chi connectivity index (χ2v) is 7.32. The lowest BCUT2D eigenvalue weighted by Crippen LogP contribution is -2.32. The maximum Gasteiger partial charge on any atom is 0.263 e. The second kappa shape index (κ2) is 8.92. The number of anilines is 1. The number of hydrogen-bond acceptors (Lipinski definition) is 7. The molecule has 0 atom stereocenters. The third kappa shape index (κ3) is 4.11. The van der Waals surface area contributed by atoms with Crippen molar-refractivity contribution in [2.24, 2.45) is 0 Å². The van der Waals surface area contributed by atoms with E-state index < -0.39 is 0 Å². The smallest absolute Gasteiger partial charge is 0.263 e. The van der Waals surface area contributed by atoms with Gasteiger partial charge in [0.2, 0.25) is 0 Å². The van der Waals surface area contributed by atoms with Gasteiger partial charge in [-0.15, -0.1) is 0 Å². The minimum atomic E-state index is 0.462. The first kappa shape index (κ1) is 19.8. The first-order valence-corrected chi connectivity index (χ1v) is 9.84. The van der Waals surface area contributed by atoms with Gasteiger partial charge in [0.1, 0.15) is 29.0 Å². The summed E-state index contributed by atoms with van der Waals surface area (Å²) < 4.78 is 11.1. The van der Waals surface area contributed by atoms with Crippen LogP contribution in [0.5, 0.6) is 5.75 Å². The number of para-hydroxylation sites is 1. The van der Waals surface area contributed by atoms with Gasteiger partial charge in [-0.1, -0.05) is 47.6 Å². The first-order chi connectivity index (χ1) is 14.7. The maximum atomic E-state index is 5.58. The molecule has 0 amide bonds. The van der Waals surface area contributed by atoms with Gasteiger partial charge in [0, 0.05) is 25.2 Å². The van der Waals surface area contributed by atoms with E-state index in [9.17, 15) is 0 Å². The summed E-state index contributed by atoms with van der Waals surface area (Å²) in [5.41, 5.74) is 3.20. The zero-order valence-electron chi connectivity index (χ0n) is 17.4. The van der Waals surface area contributed by atoms with E-state index in [1.807, 2.05) is 30.3 Å². The Kier molecular flexibility index (Phi) is 5.90. The van der Waals surface area contributed by atoms with E-state index in [4.69, 9.17) is 9.26 Å². The molecule has 0 spiro atoms. The highest BCUT2D eigenvalue weighted by Crippen LogP contribution is 2.37. The molecule has 0 fully saturated rings. The molecule has 0 bridgehead atoms. The molecule has 0 saturated carbocycles. The summed E-state index contributed by atoms with van der Waals surface area (Å²) in [7, 11) is 5.78. The molecule has 30 heavy (non-hydrogen) atoms. The number of fused-ring (bicyclic) bond motifs is 1. The number of nitrogens with zero attached hydrogens (tertiary/aromatic N) is 5. The van der Waals surface area contributed by atoms with Gasteiger partial charge in [-0.05, 0) is 31.8 Å². The summed E-state index contributed by atoms with van der Waals surface area (Å²) in [6, 6.07) is 18.1. The van der Waals surface area contributed by atoms with Gasteiger partial charge < -0.3 is 19.1 Å². The molecule has 4 aromatic rings. The fourth-order valence-electron chi connectivity index (χ4n) is 3.42. The highest BCUT2D eigenvalue weighted by Gasteiger charge is 2.22. The molecule has 0 saturated heterocycles. The van der Waals surface area contributed by atoms with Crippen LogP contribution in [0.2, 0.25) is 0 Å². The molecular formula is C23H25N5O2. The van der Waals surface area contributed by atoms with E-state index in [1.165, 1.54) is 11.9 Å². The third-order valence-corrected chi connectivity index (χ3v) is 4.95. The van der Waals surface area contributed by atoms with E-state index in [0.29, 0.717) is 11.4 Å². The molecule has 0 aliphatic carbocycles. The summed E-state index contributed by atoms with van der Waals surface area (Å²) >= 11 is 0. The van der Waals surface area contributed by atoms with Gasteiger partial charge in [0.15, 0.2) is 0 Å². The Morgan fingerprint density at radius 3 is 2.47 bits per heavy atom. The van der Waals surface area contributed by atoms with Gasteiger partial charge in [-0.2, -0.15) is 4.98 Å². The molecule has 0 unspecified atom stereocenters. The molecule has 0 radical (unpaired) electrons. The molecule has 2 aromatic carbocycles. The van der Waals surface area contributed by atoms with Crippen LogP contribution in [0, 0.1) is 0 Å². The number of methoxy groups -OCH3 is 1. The number of benzene rings is 2. The Hall–Kier alpha value is -3.45. The van der Waals surface area contributed by atoms with Crippen LogP contribution >= 0.6 is 0 Å². The summed E-state index contributed by atoms with van der Waals surface area (Å²) in [6.07, 6.45) is 1.53. The zero-order chi connectivity index (χ0) is 20.9. The van der Waals surface area contributed by atoms with Crippen LogP contribution in [0.1, 0.15) is 5.56 Å². The molecule has 154 valence electrons. The Labute approximate surface area is 175 Å². The van der Waals surface area contributed by atoms with Crippen molar-refractivity contribution in [1.29, 1.82) is 0 Å². The maximum absolute atomic E-state index is 5.58. The zero-order valence-corrected chi connectivity index (χ0v) is 17.4. The number of rotatable bonds is 8. The molecule has 7 heteroatoms. The molecule has 2 heterocycles. The van der Waals surface area contributed by atoms with Crippen LogP contribution in [0.4, 0.5) is 5.82 Å². The molecule has 4 rings (SSSR count). The van der Waals surface area contributed by atoms with E-state index in [0.717, 1.165) is 42.2 Å². The van der Waals surface area contributed by atoms with E-state index >= 15 is 0 Å². The van der Waals surface area contributed by atoms with Gasteiger partial charge in [-0.3, -0.25) is 0 Å². The SMILES string of the molecule is COc1ccccc1-c1noc2ncnc(N(CCN(C)C)Cc3ccccc3)c12. The monoisotopic (exact) mass is 403 g/mol. The topological polar surface area (TPSA) is 67.5 Å². The van der Waals surface area contributed by atoms with Crippen molar-refractivity contribution in [3.63, 3.8) is 0 Å². The number of likely N-dealkylation sites (N-methyl/N-ethyl adjacent to an activating group) is 1. The summed E-state index contributed by atoms with van der Waals surface area (Å²) in [4.78, 5) is 13.4. The Bertz CT molecular complexity index is 1110. The average molecular weight is 403 g/mol. The predicted molar refractivity (Wildman–Crippen MR) is 118 cm³/mol. The predicted octanol–water partition coefficient (Wildman–Crippen LogP) is 3.86. The van der Waals surface area contributed by atoms with Crippen molar-refractivity contribution >= 4 is 16.9 Å². The van der Waals surface area contributed by atoms with Crippen molar-refractivity contribution in [3.05, 3.63) is 66.5 Å². The summed E-state index contributed by atoms with van der Waals surface area (Å²) in [5.74, 6) is 1.53. The van der Waals surface area contributed by atoms with Crippen molar-refractivity contribution in [3.8, 4) is 17.0 Å². The number of hydrogen-bond donors (Lipinski definition) is 0. The molecule has 7 nitrogen and oxygen atoms in total. The van der Waals surface area contributed by atoms with Crippen molar-refractivity contribution < 1.29 is 9.26 Å². The third-order valence-electron chi connectivity index (χ3n) is 4.95. The number of aromatic nitrogens is 3. The minimum Gasteiger partial charge on any atom is -0.496 e. The minimum absolute atomic E-state index is 0.462. The average Bonchev–Trinajstić information content (AvgIpc) is 3.21. The highest BCUT2D eigenvalue weighted by molar-refractivity contribution is 5.99. The summed E-state index contributed by atoms with van der Waals surface area (Å²) in [6.45, 7) is 2.40. The lowest BCUT2D eigenvalue weighted by Gasteiger charge is -2.26. The van der Waals surface area contributed by atoms with Crippen LogP contribution in [0.15, 0.2) is 65.4 Å². The van der Waals surface area contributed by atoms with Crippen LogP contribution in [0.25, 0.3) is 22.4 Å². The van der Waals surface area contributed by atoms with E-state index in [1.54, 1.807) is 7.11 Å². The van der Waals surface area contributed by atoms with Gasteiger partial charge in [0.05, 0.1) is 7.11 Å². The first-order valence-electron chi connectivity index (χ1n) is 9.84. The normalized spacial score (nSPS) is 11.2. The van der Waals surface area contributed by atoms with Crippen molar-refractivity contribution in [2.75, 3.05) is 39.2 Å². The van der Waals surface area contributed by atoms with Gasteiger partial charge in [0.25, 0.3) is 5.71 Å². The molecule has 0 aliphatic heterocycles. The Morgan fingerprint density at radius 2 is 1.70 bits per heavy atom. The van der Waals surface area contributed by atoms with E-state index in [2.05, 4.69) is 63.3 Å². The Morgan fingerprint density at radius 1 is 0.933 bits per heavy atom. The van der Waals surface area contributed by atoms with Crippen LogP contribution in [-0.4, -0.2) is 54.3 Å². The quantitative estimate of drug-likeness (QED) is 0.442. The van der Waals surface area contributed by atoms with Crippen LogP contribution in [-0.2, 0) is 6.54 Å². The van der Waals surface area contributed by atoms with Gasteiger partial charge >= 0.3 is 0 Å². The molecule has 2 aromatic heterocycles.